The Morgan fingerprint density at radius 1 is 1.31 bits per heavy atom. The molecule has 0 aromatic heterocycles. The molecule has 7 heteroatoms. The first-order valence-electron chi connectivity index (χ1n) is 11.1. The molecule has 0 spiro atoms. The first-order valence-corrected chi connectivity index (χ1v) is 12.7. The van der Waals surface area contributed by atoms with E-state index >= 15 is 0 Å². The molecule has 2 rings (SSSR count). The molecule has 0 heterocycles. The van der Waals surface area contributed by atoms with Crippen molar-refractivity contribution in [2.24, 2.45) is 16.5 Å². The third-order valence-corrected chi connectivity index (χ3v) is 8.00. The fourth-order valence-corrected chi connectivity index (χ4v) is 6.39. The van der Waals surface area contributed by atoms with Crippen LogP contribution in [0.15, 0.2) is 39.9 Å². The minimum atomic E-state index is -1.21. The van der Waals surface area contributed by atoms with Crippen molar-refractivity contribution < 1.29 is 19.0 Å². The molecular weight excluding hydrogens is 446 g/mol. The number of carbonyl (C=O) groups is 2. The highest BCUT2D eigenvalue weighted by atomic mass is 35.5. The van der Waals surface area contributed by atoms with Gasteiger partial charge in [-0.2, -0.15) is 0 Å². The highest BCUT2D eigenvalue weighted by molar-refractivity contribution is 7.92. The van der Waals surface area contributed by atoms with E-state index in [1.165, 1.54) is 5.54 Å². The summed E-state index contributed by atoms with van der Waals surface area (Å²) in [4.78, 5) is 32.3. The molecule has 5 nitrogen and oxygen atoms in total. The highest BCUT2D eigenvalue weighted by Crippen LogP contribution is 2.41. The van der Waals surface area contributed by atoms with Gasteiger partial charge in [-0.3, -0.25) is 9.59 Å². The van der Waals surface area contributed by atoms with Crippen LogP contribution in [0.25, 0.3) is 0 Å². The fourth-order valence-electron chi connectivity index (χ4n) is 4.59. The number of Topliss-reactive ketones (excluding diaryl/α,β-unsaturated/α-hetero) is 2. The Morgan fingerprint density at radius 2 is 1.91 bits per heavy atom. The van der Waals surface area contributed by atoms with Crippen LogP contribution < -0.4 is 0 Å². The van der Waals surface area contributed by atoms with Crippen molar-refractivity contribution in [3.63, 3.8) is 0 Å². The van der Waals surface area contributed by atoms with Gasteiger partial charge in [0, 0.05) is 35.9 Å². The lowest BCUT2D eigenvalue weighted by atomic mass is 9.67. The number of rotatable bonds is 10. The van der Waals surface area contributed by atoms with E-state index in [2.05, 4.69) is 5.16 Å². The number of halogens is 1. The van der Waals surface area contributed by atoms with Crippen molar-refractivity contribution in [3.05, 3.63) is 40.9 Å². The molecule has 2 atom stereocenters. The summed E-state index contributed by atoms with van der Waals surface area (Å²) in [7, 11) is 0. The van der Waals surface area contributed by atoms with Gasteiger partial charge >= 0.3 is 0 Å². The van der Waals surface area contributed by atoms with Crippen molar-refractivity contribution in [1.29, 1.82) is 0 Å². The molecule has 32 heavy (non-hydrogen) atoms. The summed E-state index contributed by atoms with van der Waals surface area (Å²) in [5, 5.41) is 3.91. The van der Waals surface area contributed by atoms with Gasteiger partial charge in [0.1, 0.15) is 29.3 Å². The number of hydrogen-bond donors (Lipinski definition) is 0. The third-order valence-electron chi connectivity index (χ3n) is 5.88. The van der Waals surface area contributed by atoms with Gasteiger partial charge in [-0.15, -0.1) is 0 Å². The zero-order valence-corrected chi connectivity index (χ0v) is 21.2. The second-order valence-electron chi connectivity index (χ2n) is 9.05. The third kappa shape index (κ3) is 6.69. The van der Waals surface area contributed by atoms with E-state index in [1.807, 2.05) is 52.8 Å². The number of carbonyl (C=O) groups excluding carboxylic acids is 2. The molecule has 0 amide bonds. The van der Waals surface area contributed by atoms with Crippen LogP contribution in [0, 0.1) is 25.2 Å². The number of ketones is 2. The van der Waals surface area contributed by atoms with Crippen LogP contribution in [0.4, 0.5) is 0 Å². The summed E-state index contributed by atoms with van der Waals surface area (Å²) in [5.41, 5.74) is 3.30. The predicted octanol–water partition coefficient (Wildman–Crippen LogP) is 5.67. The van der Waals surface area contributed by atoms with Gasteiger partial charge in [0.05, 0.1) is 5.71 Å². The summed E-state index contributed by atoms with van der Waals surface area (Å²) in [5.74, 6) is -1.10. The monoisotopic (exact) mass is 479 g/mol. The van der Waals surface area contributed by atoms with E-state index in [4.69, 9.17) is 16.4 Å². The van der Waals surface area contributed by atoms with Crippen LogP contribution in [0.5, 0.6) is 0 Å². The van der Waals surface area contributed by atoms with Gasteiger partial charge in [-0.05, 0) is 49.9 Å². The lowest BCUT2D eigenvalue weighted by Crippen LogP contribution is -2.44. The van der Waals surface area contributed by atoms with E-state index in [0.717, 1.165) is 22.4 Å². The van der Waals surface area contributed by atoms with E-state index in [9.17, 15) is 14.1 Å². The van der Waals surface area contributed by atoms with Crippen molar-refractivity contribution in [1.82, 2.24) is 0 Å². The van der Waals surface area contributed by atoms with Gasteiger partial charge in [0.15, 0.2) is 4.90 Å². The number of aryl methyl sites for hydroxylation is 2. The van der Waals surface area contributed by atoms with E-state index < -0.39 is 22.5 Å². The number of hydrogen-bond acceptors (Lipinski definition) is 5. The van der Waals surface area contributed by atoms with Crippen LogP contribution in [0.1, 0.15) is 64.0 Å². The molecule has 1 aliphatic carbocycles. The van der Waals surface area contributed by atoms with Crippen LogP contribution in [-0.4, -0.2) is 33.7 Å². The summed E-state index contributed by atoms with van der Waals surface area (Å²) in [6.45, 7) is 9.98. The first-order chi connectivity index (χ1) is 15.1. The zero-order valence-electron chi connectivity index (χ0n) is 19.7. The summed E-state index contributed by atoms with van der Waals surface area (Å²) in [6, 6.07) is 5.89. The molecule has 0 bridgehead atoms. The van der Waals surface area contributed by atoms with Crippen LogP contribution in [0.2, 0.25) is 0 Å². The molecule has 2 unspecified atom stereocenters. The smallest absolute Gasteiger partial charge is 0.158 e. The van der Waals surface area contributed by atoms with Crippen LogP contribution >= 0.6 is 11.6 Å². The van der Waals surface area contributed by atoms with Gasteiger partial charge in [-0.25, -0.2) is 0 Å². The van der Waals surface area contributed by atoms with Gasteiger partial charge in [-0.1, -0.05) is 55.2 Å². The lowest BCUT2D eigenvalue weighted by Gasteiger charge is -2.37. The Bertz CT molecular complexity index is 844. The second-order valence-corrected chi connectivity index (χ2v) is 11.1. The summed E-state index contributed by atoms with van der Waals surface area (Å²) < 4.78 is 13.3. The Hall–Kier alpha value is -1.63. The fraction of sp³-hybridized carbons (Fsp3) is 0.560. The van der Waals surface area contributed by atoms with E-state index in [0.29, 0.717) is 18.6 Å². The molecule has 1 aliphatic rings. The normalized spacial score (nSPS) is 24.1. The Labute approximate surface area is 199 Å². The number of oxime groups is 1. The highest BCUT2D eigenvalue weighted by Gasteiger charge is 2.46. The Kier molecular flexibility index (Phi) is 9.99. The summed E-state index contributed by atoms with van der Waals surface area (Å²) in [6.07, 6.45) is 3.94. The van der Waals surface area contributed by atoms with Gasteiger partial charge in [0.2, 0.25) is 0 Å². The second kappa shape index (κ2) is 12.0. The largest absolute Gasteiger partial charge is 0.611 e. The standard InChI is InChI=1S/C25H34ClNO4S/c1-6-9-20(27-31-13-8-12-26)23-21(28)15-25(5,16-22(23)29)14-19(4)32(30)24-17(2)10-7-11-18(24)3/h7-8,10-12,19,23H,6,9,13-16H2,1-5H3/t19?,23-,25-,32?. The minimum absolute atomic E-state index is 0.127. The zero-order chi connectivity index (χ0) is 23.9. The lowest BCUT2D eigenvalue weighted by molar-refractivity contribution is -0.137. The first kappa shape index (κ1) is 26.6. The average Bonchev–Trinajstić information content (AvgIpc) is 2.69. The van der Waals surface area contributed by atoms with Crippen molar-refractivity contribution >= 4 is 40.1 Å². The Morgan fingerprint density at radius 3 is 2.44 bits per heavy atom. The molecule has 1 aromatic carbocycles. The summed E-state index contributed by atoms with van der Waals surface area (Å²) >= 11 is 4.27. The topological polar surface area (TPSA) is 78.8 Å². The quantitative estimate of drug-likeness (QED) is 0.142. The molecule has 1 aromatic rings. The maximum atomic E-state index is 13.3. The van der Waals surface area contributed by atoms with Crippen LogP contribution in [-0.2, 0) is 25.6 Å². The maximum Gasteiger partial charge on any atom is 0.158 e. The van der Waals surface area contributed by atoms with Crippen LogP contribution in [0.3, 0.4) is 0 Å². The average molecular weight is 480 g/mol. The molecule has 0 saturated heterocycles. The maximum absolute atomic E-state index is 13.3. The van der Waals surface area contributed by atoms with Crippen molar-refractivity contribution in [2.75, 3.05) is 6.61 Å². The van der Waals surface area contributed by atoms with E-state index in [1.54, 1.807) is 6.08 Å². The number of nitrogens with zero attached hydrogens (tertiary/aromatic N) is 1. The minimum Gasteiger partial charge on any atom is -0.611 e. The van der Waals surface area contributed by atoms with Gasteiger partial charge < -0.3 is 9.39 Å². The molecule has 0 N–H and O–H groups in total. The molecule has 176 valence electrons. The molecule has 1 fully saturated rings. The predicted molar refractivity (Wildman–Crippen MR) is 131 cm³/mol. The Balaban J connectivity index is 2.15. The van der Waals surface area contributed by atoms with Gasteiger partial charge in [0.25, 0.3) is 0 Å². The van der Waals surface area contributed by atoms with E-state index in [-0.39, 0.29) is 36.3 Å². The van der Waals surface area contributed by atoms with Crippen molar-refractivity contribution in [3.8, 4) is 0 Å². The molecule has 0 radical (unpaired) electrons. The molecular formula is C25H34ClNO4S. The number of benzene rings is 1. The van der Waals surface area contributed by atoms with Crippen molar-refractivity contribution in [2.45, 2.75) is 76.9 Å². The molecule has 0 aliphatic heterocycles. The molecule has 1 saturated carbocycles. The SMILES string of the molecule is CCCC(=NOCC=CCl)[C@H]1C(=O)C[C@](C)(CC(C)[S+]([O-])c2c(C)cccc2C)CC1=O.